The van der Waals surface area contributed by atoms with Crippen molar-refractivity contribution in [1.82, 2.24) is 9.97 Å². The molecule has 0 radical (unpaired) electrons. The number of aryl methyl sites for hydroxylation is 1. The smallest absolute Gasteiger partial charge is 0.264 e. The molecule has 0 saturated heterocycles. The molecule has 2 aromatic carbocycles. The standard InChI is InChI=1S/C25H26N6O4S/c1-4-31(5-2)19-9-6-17-14-21(23(26)35-22(17)15-19)24(32)29-18-7-10-20(11-8-18)36(33,34)30-25-27-13-12-16(3)28-25/h6-15,26H,4-5H2,1-3H3,(H,29,32)(H,27,28,30). The van der Waals surface area contributed by atoms with Crippen molar-refractivity contribution >= 4 is 44.2 Å². The number of fused-ring (bicyclic) bond motifs is 1. The molecule has 1 amide bonds. The van der Waals surface area contributed by atoms with Crippen LogP contribution in [0.5, 0.6) is 0 Å². The van der Waals surface area contributed by atoms with E-state index in [0.717, 1.165) is 18.8 Å². The van der Waals surface area contributed by atoms with Gasteiger partial charge < -0.3 is 14.6 Å². The average molecular weight is 507 g/mol. The Labute approximate surface area is 208 Å². The van der Waals surface area contributed by atoms with Crippen molar-refractivity contribution in [2.45, 2.75) is 25.7 Å². The molecule has 186 valence electrons. The zero-order chi connectivity index (χ0) is 25.9. The van der Waals surface area contributed by atoms with Gasteiger partial charge in [0.2, 0.25) is 11.5 Å². The maximum absolute atomic E-state index is 12.9. The van der Waals surface area contributed by atoms with Crippen LogP contribution < -0.4 is 20.5 Å². The SMILES string of the molecule is CCN(CC)c1ccc2cc(C(=O)Nc3ccc(S(=O)(=O)Nc4nccc(C)n4)cc3)c(=N)oc2c1. The molecule has 4 rings (SSSR count). The summed E-state index contributed by atoms with van der Waals surface area (Å²) in [5.74, 6) is -0.569. The van der Waals surface area contributed by atoms with Gasteiger partial charge in [-0.3, -0.25) is 10.2 Å². The first-order valence-electron chi connectivity index (χ1n) is 11.3. The third-order valence-electron chi connectivity index (χ3n) is 5.57. The molecule has 0 atom stereocenters. The fraction of sp³-hybridized carbons (Fsp3) is 0.200. The predicted octanol–water partition coefficient (Wildman–Crippen LogP) is 3.91. The van der Waals surface area contributed by atoms with Gasteiger partial charge in [0.25, 0.3) is 15.9 Å². The predicted molar refractivity (Wildman–Crippen MR) is 138 cm³/mol. The molecule has 0 fully saturated rings. The summed E-state index contributed by atoms with van der Waals surface area (Å²) in [5.41, 5.74) is 2.28. The summed E-state index contributed by atoms with van der Waals surface area (Å²) in [5, 5.41) is 11.6. The van der Waals surface area contributed by atoms with E-state index in [0.29, 0.717) is 22.4 Å². The van der Waals surface area contributed by atoms with Crippen molar-refractivity contribution in [1.29, 1.82) is 5.41 Å². The molecule has 10 nitrogen and oxygen atoms in total. The molecule has 0 bridgehead atoms. The number of carbonyl (C=O) groups is 1. The summed E-state index contributed by atoms with van der Waals surface area (Å²) >= 11 is 0. The number of anilines is 3. The summed E-state index contributed by atoms with van der Waals surface area (Å²) in [6, 6.07) is 14.6. The summed E-state index contributed by atoms with van der Waals surface area (Å²) in [4.78, 5) is 22.9. The average Bonchev–Trinajstić information content (AvgIpc) is 2.84. The van der Waals surface area contributed by atoms with Crippen LogP contribution in [0.1, 0.15) is 29.9 Å². The Balaban J connectivity index is 1.52. The Morgan fingerprint density at radius 1 is 1.06 bits per heavy atom. The van der Waals surface area contributed by atoms with Gasteiger partial charge in [0.05, 0.1) is 4.90 Å². The third kappa shape index (κ3) is 5.36. The molecular weight excluding hydrogens is 480 g/mol. The fourth-order valence-corrected chi connectivity index (χ4v) is 4.61. The maximum atomic E-state index is 12.9. The summed E-state index contributed by atoms with van der Waals surface area (Å²) in [6.07, 6.45) is 1.46. The first-order chi connectivity index (χ1) is 17.2. The van der Waals surface area contributed by atoms with E-state index < -0.39 is 15.9 Å². The van der Waals surface area contributed by atoms with Crippen molar-refractivity contribution in [2.24, 2.45) is 0 Å². The highest BCUT2D eigenvalue weighted by molar-refractivity contribution is 7.92. The zero-order valence-electron chi connectivity index (χ0n) is 20.1. The van der Waals surface area contributed by atoms with Gasteiger partial charge >= 0.3 is 0 Å². The van der Waals surface area contributed by atoms with E-state index in [4.69, 9.17) is 9.83 Å². The third-order valence-corrected chi connectivity index (χ3v) is 6.91. The van der Waals surface area contributed by atoms with Crippen LogP contribution in [-0.4, -0.2) is 37.4 Å². The lowest BCUT2D eigenvalue weighted by Gasteiger charge is -2.21. The monoisotopic (exact) mass is 506 g/mol. The second-order valence-corrected chi connectivity index (χ2v) is 9.67. The lowest BCUT2D eigenvalue weighted by atomic mass is 10.1. The minimum Gasteiger partial charge on any atom is -0.438 e. The van der Waals surface area contributed by atoms with Crippen LogP contribution in [0.15, 0.2) is 70.1 Å². The molecule has 36 heavy (non-hydrogen) atoms. The van der Waals surface area contributed by atoms with E-state index in [1.54, 1.807) is 19.1 Å². The van der Waals surface area contributed by atoms with Crippen LogP contribution in [0, 0.1) is 12.3 Å². The lowest BCUT2D eigenvalue weighted by Crippen LogP contribution is -2.22. The normalized spacial score (nSPS) is 11.3. The van der Waals surface area contributed by atoms with Crippen molar-refractivity contribution in [3.8, 4) is 0 Å². The van der Waals surface area contributed by atoms with E-state index >= 15 is 0 Å². The number of aromatic nitrogens is 2. The molecule has 2 heterocycles. The number of hydrogen-bond acceptors (Lipinski definition) is 8. The number of carbonyl (C=O) groups excluding carboxylic acids is 1. The Morgan fingerprint density at radius 2 is 1.78 bits per heavy atom. The summed E-state index contributed by atoms with van der Waals surface area (Å²) in [7, 11) is -3.91. The van der Waals surface area contributed by atoms with Crippen LogP contribution >= 0.6 is 0 Å². The molecule has 0 spiro atoms. The van der Waals surface area contributed by atoms with Crippen molar-refractivity contribution < 1.29 is 17.6 Å². The van der Waals surface area contributed by atoms with Crippen LogP contribution in [0.4, 0.5) is 17.3 Å². The van der Waals surface area contributed by atoms with Crippen LogP contribution in [0.25, 0.3) is 11.0 Å². The number of rotatable bonds is 8. The van der Waals surface area contributed by atoms with Crippen LogP contribution in [-0.2, 0) is 10.0 Å². The van der Waals surface area contributed by atoms with Gasteiger partial charge in [-0.1, -0.05) is 0 Å². The molecular formula is C25H26N6O4S. The van der Waals surface area contributed by atoms with E-state index in [2.05, 4.69) is 38.8 Å². The van der Waals surface area contributed by atoms with E-state index in [9.17, 15) is 13.2 Å². The highest BCUT2D eigenvalue weighted by Gasteiger charge is 2.17. The van der Waals surface area contributed by atoms with Gasteiger partial charge in [0.1, 0.15) is 11.1 Å². The largest absolute Gasteiger partial charge is 0.438 e. The maximum Gasteiger partial charge on any atom is 0.264 e. The molecule has 11 heteroatoms. The highest BCUT2D eigenvalue weighted by atomic mass is 32.2. The van der Waals surface area contributed by atoms with Crippen molar-refractivity contribution in [3.05, 3.63) is 77.6 Å². The fourth-order valence-electron chi connectivity index (χ4n) is 3.66. The van der Waals surface area contributed by atoms with Gasteiger partial charge in [0.15, 0.2) is 0 Å². The number of hydrogen-bond donors (Lipinski definition) is 3. The topological polar surface area (TPSA) is 141 Å². The highest BCUT2D eigenvalue weighted by Crippen LogP contribution is 2.23. The molecule has 0 aliphatic heterocycles. The number of benzene rings is 2. The first-order valence-corrected chi connectivity index (χ1v) is 12.8. The molecule has 2 aromatic heterocycles. The Kier molecular flexibility index (Phi) is 7.02. The molecule has 3 N–H and O–H groups in total. The second kappa shape index (κ2) is 10.2. The lowest BCUT2D eigenvalue weighted by molar-refractivity contribution is 0.102. The zero-order valence-corrected chi connectivity index (χ0v) is 20.9. The van der Waals surface area contributed by atoms with Gasteiger partial charge in [-0.2, -0.15) is 0 Å². The molecule has 4 aromatic rings. The van der Waals surface area contributed by atoms with E-state index in [-0.39, 0.29) is 22.0 Å². The van der Waals surface area contributed by atoms with E-state index in [1.807, 2.05) is 18.2 Å². The Hall–Kier alpha value is -4.25. The van der Waals surface area contributed by atoms with Gasteiger partial charge in [-0.05, 0) is 69.3 Å². The first kappa shape index (κ1) is 24.9. The number of sulfonamides is 1. The number of nitrogens with one attached hydrogen (secondary N) is 3. The Bertz CT molecular complexity index is 1580. The van der Waals surface area contributed by atoms with Crippen molar-refractivity contribution in [2.75, 3.05) is 28.0 Å². The summed E-state index contributed by atoms with van der Waals surface area (Å²) in [6.45, 7) is 7.53. The quantitative estimate of drug-likeness (QED) is 0.329. The summed E-state index contributed by atoms with van der Waals surface area (Å²) < 4.78 is 33.2. The molecule has 0 saturated carbocycles. The van der Waals surface area contributed by atoms with Crippen LogP contribution in [0.3, 0.4) is 0 Å². The van der Waals surface area contributed by atoms with Gasteiger partial charge in [0, 0.05) is 47.8 Å². The molecule has 0 aliphatic rings. The van der Waals surface area contributed by atoms with Gasteiger partial charge in [-0.25, -0.2) is 23.1 Å². The molecule has 0 unspecified atom stereocenters. The Morgan fingerprint density at radius 3 is 2.44 bits per heavy atom. The molecule has 0 aliphatic carbocycles. The van der Waals surface area contributed by atoms with E-state index in [1.165, 1.54) is 30.5 Å². The minimum absolute atomic E-state index is 0.0171. The minimum atomic E-state index is -3.91. The number of amides is 1. The second-order valence-electron chi connectivity index (χ2n) is 7.99. The number of nitrogens with zero attached hydrogens (tertiary/aromatic N) is 3. The van der Waals surface area contributed by atoms with Crippen LogP contribution in [0.2, 0.25) is 0 Å². The van der Waals surface area contributed by atoms with Crippen molar-refractivity contribution in [3.63, 3.8) is 0 Å². The van der Waals surface area contributed by atoms with Gasteiger partial charge in [-0.15, -0.1) is 0 Å².